The molecule has 2 rings (SSSR count). The molecule has 0 saturated carbocycles. The van der Waals surface area contributed by atoms with Gasteiger partial charge in [0.2, 0.25) is 5.91 Å². The number of ether oxygens (including phenoxy) is 1. The molecule has 0 spiro atoms. The second-order valence-electron chi connectivity index (χ2n) is 4.66. The van der Waals surface area contributed by atoms with Crippen LogP contribution in [0.15, 0.2) is 18.2 Å². The standard InChI is InChI=1S/C14H17FN2O3/c1-10(18)9-13(19)16-12-4-2-3-11(15)14(12)17-5-7-20-8-6-17/h2-4H,5-9H2,1H3,(H,16,19). The van der Waals surface area contributed by atoms with Crippen LogP contribution in [0.2, 0.25) is 0 Å². The Morgan fingerprint density at radius 3 is 2.70 bits per heavy atom. The summed E-state index contributed by atoms with van der Waals surface area (Å²) < 4.78 is 19.3. The van der Waals surface area contributed by atoms with Crippen molar-refractivity contribution < 1.29 is 18.7 Å². The van der Waals surface area contributed by atoms with E-state index in [-0.39, 0.29) is 12.2 Å². The van der Waals surface area contributed by atoms with Crippen LogP contribution in [-0.2, 0) is 14.3 Å². The van der Waals surface area contributed by atoms with Gasteiger partial charge in [-0.3, -0.25) is 9.59 Å². The fourth-order valence-corrected chi connectivity index (χ4v) is 2.15. The van der Waals surface area contributed by atoms with Crippen LogP contribution < -0.4 is 10.2 Å². The lowest BCUT2D eigenvalue weighted by molar-refractivity contribution is -0.124. The van der Waals surface area contributed by atoms with E-state index in [4.69, 9.17) is 4.74 Å². The third-order valence-corrected chi connectivity index (χ3v) is 3.00. The molecule has 20 heavy (non-hydrogen) atoms. The number of hydrogen-bond acceptors (Lipinski definition) is 4. The predicted molar refractivity (Wildman–Crippen MR) is 73.4 cm³/mol. The first-order valence-corrected chi connectivity index (χ1v) is 6.48. The van der Waals surface area contributed by atoms with Crippen LogP contribution in [0, 0.1) is 5.82 Å². The molecule has 1 N–H and O–H groups in total. The van der Waals surface area contributed by atoms with Crippen molar-refractivity contribution in [1.29, 1.82) is 0 Å². The molecule has 0 aromatic heterocycles. The van der Waals surface area contributed by atoms with Gasteiger partial charge in [-0.2, -0.15) is 0 Å². The first-order valence-electron chi connectivity index (χ1n) is 6.48. The van der Waals surface area contributed by atoms with Gasteiger partial charge < -0.3 is 15.0 Å². The summed E-state index contributed by atoms with van der Waals surface area (Å²) >= 11 is 0. The zero-order valence-electron chi connectivity index (χ0n) is 11.3. The maximum atomic E-state index is 14.0. The number of hydrogen-bond donors (Lipinski definition) is 1. The number of anilines is 2. The molecule has 1 aliphatic rings. The van der Waals surface area contributed by atoms with Crippen LogP contribution >= 0.6 is 0 Å². The molecule has 108 valence electrons. The number of para-hydroxylation sites is 1. The molecule has 0 bridgehead atoms. The minimum absolute atomic E-state index is 0.209. The zero-order chi connectivity index (χ0) is 14.5. The van der Waals surface area contributed by atoms with Crippen LogP contribution in [0.1, 0.15) is 13.3 Å². The molecule has 0 radical (unpaired) electrons. The van der Waals surface area contributed by atoms with E-state index in [1.54, 1.807) is 6.07 Å². The number of nitrogens with zero attached hydrogens (tertiary/aromatic N) is 1. The maximum absolute atomic E-state index is 14.0. The second-order valence-corrected chi connectivity index (χ2v) is 4.66. The average Bonchev–Trinajstić information content (AvgIpc) is 2.39. The Morgan fingerprint density at radius 1 is 1.35 bits per heavy atom. The lowest BCUT2D eigenvalue weighted by atomic mass is 10.2. The molecule has 0 aliphatic carbocycles. The molecule has 1 heterocycles. The van der Waals surface area contributed by atoms with E-state index in [1.165, 1.54) is 19.1 Å². The molecule has 0 unspecified atom stereocenters. The molecule has 1 fully saturated rings. The minimum atomic E-state index is -0.433. The summed E-state index contributed by atoms with van der Waals surface area (Å²) in [5, 5.41) is 2.60. The molecular weight excluding hydrogens is 263 g/mol. The number of rotatable bonds is 4. The van der Waals surface area contributed by atoms with Crippen molar-refractivity contribution in [3.05, 3.63) is 24.0 Å². The van der Waals surface area contributed by atoms with E-state index in [1.807, 2.05) is 4.90 Å². The summed E-state index contributed by atoms with van der Waals surface area (Å²) in [4.78, 5) is 24.4. The van der Waals surface area contributed by atoms with Crippen molar-refractivity contribution in [2.24, 2.45) is 0 Å². The third-order valence-electron chi connectivity index (χ3n) is 3.00. The highest BCUT2D eigenvalue weighted by molar-refractivity contribution is 6.04. The monoisotopic (exact) mass is 280 g/mol. The average molecular weight is 280 g/mol. The third kappa shape index (κ3) is 3.54. The van der Waals surface area contributed by atoms with Crippen LogP contribution in [-0.4, -0.2) is 38.0 Å². The van der Waals surface area contributed by atoms with Gasteiger partial charge in [-0.1, -0.05) is 6.07 Å². The maximum Gasteiger partial charge on any atom is 0.231 e. The van der Waals surface area contributed by atoms with E-state index in [2.05, 4.69) is 5.32 Å². The van der Waals surface area contributed by atoms with Gasteiger partial charge in [-0.05, 0) is 19.1 Å². The van der Waals surface area contributed by atoms with E-state index in [0.717, 1.165) is 0 Å². The van der Waals surface area contributed by atoms with Gasteiger partial charge in [0.05, 0.1) is 31.0 Å². The smallest absolute Gasteiger partial charge is 0.231 e. The Labute approximate surface area is 116 Å². The number of Topliss-reactive ketones (excluding diaryl/α,β-unsaturated/α-hetero) is 1. The summed E-state index contributed by atoms with van der Waals surface area (Å²) in [6.07, 6.45) is -0.209. The Morgan fingerprint density at radius 2 is 2.05 bits per heavy atom. The lowest BCUT2D eigenvalue weighted by Crippen LogP contribution is -2.37. The summed E-state index contributed by atoms with van der Waals surface area (Å²) in [5.41, 5.74) is 0.742. The van der Waals surface area contributed by atoms with Gasteiger partial charge in [-0.25, -0.2) is 4.39 Å². The molecule has 1 saturated heterocycles. The van der Waals surface area contributed by atoms with Crippen molar-refractivity contribution in [2.75, 3.05) is 36.5 Å². The molecule has 1 amide bonds. The van der Waals surface area contributed by atoms with Crippen LogP contribution in [0.3, 0.4) is 0 Å². The Hall–Kier alpha value is -1.95. The van der Waals surface area contributed by atoms with Gasteiger partial charge in [-0.15, -0.1) is 0 Å². The van der Waals surface area contributed by atoms with Crippen molar-refractivity contribution >= 4 is 23.1 Å². The molecule has 1 aromatic rings. The van der Waals surface area contributed by atoms with Crippen molar-refractivity contribution in [3.63, 3.8) is 0 Å². The summed E-state index contributed by atoms with van der Waals surface area (Å²) in [6, 6.07) is 4.51. The van der Waals surface area contributed by atoms with E-state index < -0.39 is 11.7 Å². The quantitative estimate of drug-likeness (QED) is 0.851. The molecule has 0 atom stereocenters. The summed E-state index contributed by atoms with van der Waals surface area (Å²) in [7, 11) is 0. The first kappa shape index (κ1) is 14.5. The molecule has 6 heteroatoms. The number of morpholine rings is 1. The first-order chi connectivity index (χ1) is 9.58. The number of amides is 1. The van der Waals surface area contributed by atoms with Crippen LogP contribution in [0.5, 0.6) is 0 Å². The molecule has 1 aromatic carbocycles. The minimum Gasteiger partial charge on any atom is -0.378 e. The van der Waals surface area contributed by atoms with Crippen LogP contribution in [0.25, 0.3) is 0 Å². The fraction of sp³-hybridized carbons (Fsp3) is 0.429. The number of nitrogens with one attached hydrogen (secondary N) is 1. The molecule has 1 aliphatic heterocycles. The highest BCUT2D eigenvalue weighted by Gasteiger charge is 2.20. The second kappa shape index (κ2) is 6.47. The SMILES string of the molecule is CC(=O)CC(=O)Nc1cccc(F)c1N1CCOCC1. The van der Waals surface area contributed by atoms with Crippen molar-refractivity contribution in [1.82, 2.24) is 0 Å². The molecular formula is C14H17FN2O3. The van der Waals surface area contributed by atoms with Crippen LogP contribution in [0.4, 0.5) is 15.8 Å². The normalized spacial score (nSPS) is 15.0. The van der Waals surface area contributed by atoms with E-state index in [0.29, 0.717) is 37.7 Å². The van der Waals surface area contributed by atoms with Crippen molar-refractivity contribution in [2.45, 2.75) is 13.3 Å². The Kier molecular flexibility index (Phi) is 4.68. The highest BCUT2D eigenvalue weighted by atomic mass is 19.1. The van der Waals surface area contributed by atoms with E-state index in [9.17, 15) is 14.0 Å². The number of halogens is 1. The lowest BCUT2D eigenvalue weighted by Gasteiger charge is -2.30. The number of benzene rings is 1. The number of carbonyl (C=O) groups is 2. The van der Waals surface area contributed by atoms with Gasteiger partial charge in [0.15, 0.2) is 0 Å². The van der Waals surface area contributed by atoms with Gasteiger partial charge in [0, 0.05) is 13.1 Å². The summed E-state index contributed by atoms with van der Waals surface area (Å²) in [5.74, 6) is -1.06. The number of ketones is 1. The summed E-state index contributed by atoms with van der Waals surface area (Å²) in [6.45, 7) is 3.52. The largest absolute Gasteiger partial charge is 0.378 e. The Balaban J connectivity index is 2.21. The van der Waals surface area contributed by atoms with Gasteiger partial charge in [0.25, 0.3) is 0 Å². The highest BCUT2D eigenvalue weighted by Crippen LogP contribution is 2.29. The predicted octanol–water partition coefficient (Wildman–Crippen LogP) is 1.58. The zero-order valence-corrected chi connectivity index (χ0v) is 11.3. The van der Waals surface area contributed by atoms with Crippen molar-refractivity contribution in [3.8, 4) is 0 Å². The van der Waals surface area contributed by atoms with Gasteiger partial charge >= 0.3 is 0 Å². The van der Waals surface area contributed by atoms with Gasteiger partial charge in [0.1, 0.15) is 11.6 Å². The molecule has 5 nitrogen and oxygen atoms in total. The topological polar surface area (TPSA) is 58.6 Å². The Bertz CT molecular complexity index is 513. The van der Waals surface area contributed by atoms with E-state index >= 15 is 0 Å². The fourth-order valence-electron chi connectivity index (χ4n) is 2.15. The number of carbonyl (C=O) groups excluding carboxylic acids is 2.